The minimum Gasteiger partial charge on any atom is -0.508 e. The minimum absolute atomic E-state index is 0. The molecular formula is C19H25ClN2O2. The standard InChI is InChI=1S/C19H24N2O2.ClH/c1-23-18-10-9-16(22)12-15(18)13-21-17-8-5-11-20-19(17)14-6-3-2-4-7-14;/h2-4,6-7,9-10,12,17,19-22H,5,8,11,13H2,1H3;1H/t17-,19-;/m0./s1. The molecule has 2 aromatic rings. The first-order valence-corrected chi connectivity index (χ1v) is 8.15. The zero-order valence-corrected chi connectivity index (χ0v) is 14.7. The average Bonchev–Trinajstić information content (AvgIpc) is 2.61. The molecular weight excluding hydrogens is 324 g/mol. The van der Waals surface area contributed by atoms with Gasteiger partial charge in [0.05, 0.1) is 7.11 Å². The number of piperidine rings is 1. The first-order valence-electron chi connectivity index (χ1n) is 8.15. The third-order valence-electron chi connectivity index (χ3n) is 4.44. The quantitative estimate of drug-likeness (QED) is 0.775. The van der Waals surface area contributed by atoms with Gasteiger partial charge in [-0.3, -0.25) is 0 Å². The second-order valence-electron chi connectivity index (χ2n) is 5.97. The van der Waals surface area contributed by atoms with E-state index < -0.39 is 0 Å². The number of hydrogen-bond acceptors (Lipinski definition) is 4. The Morgan fingerprint density at radius 3 is 2.75 bits per heavy atom. The Morgan fingerprint density at radius 1 is 1.21 bits per heavy atom. The predicted octanol–water partition coefficient (Wildman–Crippen LogP) is 3.41. The van der Waals surface area contributed by atoms with Crippen LogP contribution in [0.3, 0.4) is 0 Å². The molecule has 0 radical (unpaired) electrons. The van der Waals surface area contributed by atoms with Crippen molar-refractivity contribution >= 4 is 12.4 Å². The molecule has 1 aliphatic rings. The van der Waals surface area contributed by atoms with Gasteiger partial charge in [-0.1, -0.05) is 30.3 Å². The van der Waals surface area contributed by atoms with Crippen LogP contribution in [0.25, 0.3) is 0 Å². The molecule has 0 bridgehead atoms. The van der Waals surface area contributed by atoms with Gasteiger partial charge in [-0.15, -0.1) is 12.4 Å². The van der Waals surface area contributed by atoms with Gasteiger partial charge >= 0.3 is 0 Å². The third kappa shape index (κ3) is 4.41. The van der Waals surface area contributed by atoms with Crippen molar-refractivity contribution < 1.29 is 9.84 Å². The van der Waals surface area contributed by atoms with E-state index >= 15 is 0 Å². The van der Waals surface area contributed by atoms with Crippen LogP contribution in [-0.4, -0.2) is 24.8 Å². The number of methoxy groups -OCH3 is 1. The zero-order valence-electron chi connectivity index (χ0n) is 13.9. The lowest BCUT2D eigenvalue weighted by Gasteiger charge is -2.34. The van der Waals surface area contributed by atoms with Crippen molar-refractivity contribution in [2.45, 2.75) is 31.5 Å². The maximum atomic E-state index is 9.70. The second-order valence-corrected chi connectivity index (χ2v) is 5.97. The summed E-state index contributed by atoms with van der Waals surface area (Å²) in [5.41, 5.74) is 2.29. The van der Waals surface area contributed by atoms with Gasteiger partial charge in [-0.2, -0.15) is 0 Å². The van der Waals surface area contributed by atoms with Gasteiger partial charge in [0.1, 0.15) is 11.5 Å². The highest BCUT2D eigenvalue weighted by Gasteiger charge is 2.25. The number of halogens is 1. The molecule has 5 heteroatoms. The van der Waals surface area contributed by atoms with Gasteiger partial charge in [0.2, 0.25) is 0 Å². The molecule has 4 nitrogen and oxygen atoms in total. The van der Waals surface area contributed by atoms with Crippen LogP contribution < -0.4 is 15.4 Å². The molecule has 2 atom stereocenters. The summed E-state index contributed by atoms with van der Waals surface area (Å²) in [5, 5.41) is 17.0. The summed E-state index contributed by atoms with van der Waals surface area (Å²) in [4.78, 5) is 0. The smallest absolute Gasteiger partial charge is 0.123 e. The summed E-state index contributed by atoms with van der Waals surface area (Å²) in [5.74, 6) is 1.07. The molecule has 24 heavy (non-hydrogen) atoms. The fraction of sp³-hybridized carbons (Fsp3) is 0.368. The number of hydrogen-bond donors (Lipinski definition) is 3. The maximum absolute atomic E-state index is 9.70. The van der Waals surface area contributed by atoms with E-state index in [2.05, 4.69) is 34.9 Å². The summed E-state index contributed by atoms with van der Waals surface area (Å²) in [6, 6.07) is 16.5. The highest BCUT2D eigenvalue weighted by molar-refractivity contribution is 5.85. The highest BCUT2D eigenvalue weighted by atomic mass is 35.5. The molecule has 1 aliphatic heterocycles. The van der Waals surface area contributed by atoms with Gasteiger partial charge < -0.3 is 20.5 Å². The van der Waals surface area contributed by atoms with Crippen LogP contribution >= 0.6 is 12.4 Å². The van der Waals surface area contributed by atoms with Gasteiger partial charge in [-0.25, -0.2) is 0 Å². The monoisotopic (exact) mass is 348 g/mol. The lowest BCUT2D eigenvalue weighted by Crippen LogP contribution is -2.45. The molecule has 130 valence electrons. The molecule has 1 saturated heterocycles. The molecule has 0 aromatic heterocycles. The van der Waals surface area contributed by atoms with E-state index in [-0.39, 0.29) is 18.2 Å². The Balaban J connectivity index is 0.00000208. The van der Waals surface area contributed by atoms with Crippen molar-refractivity contribution in [1.82, 2.24) is 10.6 Å². The van der Waals surface area contributed by atoms with Crippen LogP contribution in [0.4, 0.5) is 0 Å². The number of rotatable bonds is 5. The van der Waals surface area contributed by atoms with E-state index in [0.717, 1.165) is 30.7 Å². The van der Waals surface area contributed by atoms with Gasteiger partial charge in [-0.05, 0) is 43.1 Å². The van der Waals surface area contributed by atoms with Gasteiger partial charge in [0.15, 0.2) is 0 Å². The zero-order chi connectivity index (χ0) is 16.1. The number of phenols is 1. The Morgan fingerprint density at radius 2 is 2.00 bits per heavy atom. The van der Waals surface area contributed by atoms with Crippen molar-refractivity contribution in [3.8, 4) is 11.5 Å². The first kappa shape index (κ1) is 18.6. The normalized spacial score (nSPS) is 20.2. The SMILES string of the molecule is COc1ccc(O)cc1CN[C@H]1CCCN[C@H]1c1ccccc1.Cl. The Labute approximate surface area is 149 Å². The van der Waals surface area contributed by atoms with Crippen molar-refractivity contribution in [3.05, 3.63) is 59.7 Å². The minimum atomic E-state index is 0. The van der Waals surface area contributed by atoms with Crippen LogP contribution in [0.15, 0.2) is 48.5 Å². The lowest BCUT2D eigenvalue weighted by molar-refractivity contribution is 0.302. The van der Waals surface area contributed by atoms with E-state index in [9.17, 15) is 5.11 Å². The van der Waals surface area contributed by atoms with E-state index in [1.54, 1.807) is 25.3 Å². The van der Waals surface area contributed by atoms with Crippen LogP contribution in [0.2, 0.25) is 0 Å². The fourth-order valence-electron chi connectivity index (χ4n) is 3.26. The van der Waals surface area contributed by atoms with Crippen LogP contribution in [-0.2, 0) is 6.54 Å². The molecule has 0 amide bonds. The number of aromatic hydroxyl groups is 1. The lowest BCUT2D eigenvalue weighted by atomic mass is 9.92. The molecule has 0 aliphatic carbocycles. The van der Waals surface area contributed by atoms with E-state index in [1.807, 2.05) is 6.07 Å². The van der Waals surface area contributed by atoms with Crippen molar-refractivity contribution in [3.63, 3.8) is 0 Å². The summed E-state index contributed by atoms with van der Waals surface area (Å²) >= 11 is 0. The van der Waals surface area contributed by atoms with Crippen LogP contribution in [0.1, 0.15) is 30.0 Å². The number of ether oxygens (including phenoxy) is 1. The van der Waals surface area contributed by atoms with Gasteiger partial charge in [0, 0.05) is 24.2 Å². The molecule has 0 saturated carbocycles. The Kier molecular flexibility index (Phi) is 6.91. The molecule has 3 N–H and O–H groups in total. The molecule has 0 spiro atoms. The van der Waals surface area contributed by atoms with Crippen molar-refractivity contribution in [2.24, 2.45) is 0 Å². The highest BCUT2D eigenvalue weighted by Crippen LogP contribution is 2.26. The summed E-state index contributed by atoms with van der Waals surface area (Å²) in [6.07, 6.45) is 2.30. The average molecular weight is 349 g/mol. The topological polar surface area (TPSA) is 53.5 Å². The van der Waals surface area contributed by atoms with Crippen molar-refractivity contribution in [2.75, 3.05) is 13.7 Å². The van der Waals surface area contributed by atoms with E-state index in [1.165, 1.54) is 5.56 Å². The first-order chi connectivity index (χ1) is 11.3. The van der Waals surface area contributed by atoms with E-state index in [4.69, 9.17) is 4.74 Å². The Hall–Kier alpha value is -1.75. The molecule has 3 rings (SSSR count). The predicted molar refractivity (Wildman–Crippen MR) is 99.0 cm³/mol. The van der Waals surface area contributed by atoms with Crippen LogP contribution in [0, 0.1) is 0 Å². The maximum Gasteiger partial charge on any atom is 0.123 e. The summed E-state index contributed by atoms with van der Waals surface area (Å²) < 4.78 is 5.38. The summed E-state index contributed by atoms with van der Waals surface area (Å²) in [6.45, 7) is 1.72. The molecule has 2 aromatic carbocycles. The Bertz CT molecular complexity index is 637. The van der Waals surface area contributed by atoms with E-state index in [0.29, 0.717) is 18.6 Å². The molecule has 0 unspecified atom stereocenters. The summed E-state index contributed by atoms with van der Waals surface area (Å²) in [7, 11) is 1.66. The fourth-order valence-corrected chi connectivity index (χ4v) is 3.26. The van der Waals surface area contributed by atoms with Crippen molar-refractivity contribution in [1.29, 1.82) is 0 Å². The second kappa shape index (κ2) is 8.92. The molecule has 1 heterocycles. The third-order valence-corrected chi connectivity index (χ3v) is 4.44. The number of nitrogens with one attached hydrogen (secondary N) is 2. The number of benzene rings is 2. The van der Waals surface area contributed by atoms with Crippen LogP contribution in [0.5, 0.6) is 11.5 Å². The number of phenolic OH excluding ortho intramolecular Hbond substituents is 1. The largest absolute Gasteiger partial charge is 0.508 e. The molecule has 1 fully saturated rings. The van der Waals surface area contributed by atoms with Gasteiger partial charge in [0.25, 0.3) is 0 Å².